The van der Waals surface area contributed by atoms with Crippen molar-refractivity contribution in [2.45, 2.75) is 13.8 Å². The third kappa shape index (κ3) is 2.31. The van der Waals surface area contributed by atoms with Crippen molar-refractivity contribution in [1.82, 2.24) is 4.98 Å². The van der Waals surface area contributed by atoms with Gasteiger partial charge in [0.25, 0.3) is 0 Å². The zero-order valence-corrected chi connectivity index (χ0v) is 9.40. The third-order valence-corrected chi connectivity index (χ3v) is 2.28. The summed E-state index contributed by atoms with van der Waals surface area (Å²) in [5.74, 6) is 1.36. The number of nitrogens with zero attached hydrogens (tertiary/aromatic N) is 1. The molecule has 0 aliphatic carbocycles. The van der Waals surface area contributed by atoms with Gasteiger partial charge in [0.05, 0.1) is 11.9 Å². The summed E-state index contributed by atoms with van der Waals surface area (Å²) in [6.45, 7) is 3.93. The lowest BCUT2D eigenvalue weighted by Gasteiger charge is -2.08. The molecular formula is C13H14N2O. The summed E-state index contributed by atoms with van der Waals surface area (Å²) in [6, 6.07) is 9.50. The van der Waals surface area contributed by atoms with Crippen LogP contribution in [0.4, 0.5) is 5.69 Å². The number of hydrogen-bond donors (Lipinski definition) is 1. The van der Waals surface area contributed by atoms with Crippen molar-refractivity contribution in [1.29, 1.82) is 0 Å². The Morgan fingerprint density at radius 1 is 1.12 bits per heavy atom. The minimum atomic E-state index is 0.639. The lowest BCUT2D eigenvalue weighted by Crippen LogP contribution is -1.93. The Hall–Kier alpha value is -2.03. The van der Waals surface area contributed by atoms with Crippen molar-refractivity contribution in [2.24, 2.45) is 0 Å². The number of anilines is 1. The number of pyridine rings is 1. The second kappa shape index (κ2) is 4.23. The molecule has 0 amide bonds. The van der Waals surface area contributed by atoms with E-state index in [0.29, 0.717) is 17.2 Å². The van der Waals surface area contributed by atoms with Crippen molar-refractivity contribution in [3.63, 3.8) is 0 Å². The highest BCUT2D eigenvalue weighted by molar-refractivity contribution is 5.55. The highest BCUT2D eigenvalue weighted by atomic mass is 16.5. The molecule has 0 saturated heterocycles. The van der Waals surface area contributed by atoms with E-state index in [4.69, 9.17) is 10.5 Å². The number of nitrogen functional groups attached to an aromatic ring is 1. The molecule has 1 aromatic carbocycles. The molecule has 0 radical (unpaired) electrons. The molecular weight excluding hydrogens is 200 g/mol. The van der Waals surface area contributed by atoms with Crippen LogP contribution in [0.3, 0.4) is 0 Å². The third-order valence-electron chi connectivity index (χ3n) is 2.28. The molecule has 1 heterocycles. The van der Waals surface area contributed by atoms with Crippen molar-refractivity contribution in [2.75, 3.05) is 5.73 Å². The number of benzene rings is 1. The van der Waals surface area contributed by atoms with E-state index >= 15 is 0 Å². The topological polar surface area (TPSA) is 48.1 Å². The monoisotopic (exact) mass is 214 g/mol. The van der Waals surface area contributed by atoms with Gasteiger partial charge < -0.3 is 10.5 Å². The van der Waals surface area contributed by atoms with Gasteiger partial charge in [0.1, 0.15) is 11.5 Å². The summed E-state index contributed by atoms with van der Waals surface area (Å²) in [6.07, 6.45) is 1.69. The Labute approximate surface area is 94.9 Å². The number of ether oxygens (including phenoxy) is 1. The normalized spacial score (nSPS) is 10.1. The number of hydrogen-bond acceptors (Lipinski definition) is 3. The van der Waals surface area contributed by atoms with Crippen LogP contribution in [0.25, 0.3) is 0 Å². The molecule has 3 heteroatoms. The van der Waals surface area contributed by atoms with Crippen LogP contribution in [0.1, 0.15) is 11.3 Å². The smallest absolute Gasteiger partial charge is 0.150 e. The lowest BCUT2D eigenvalue weighted by atomic mass is 10.2. The molecule has 0 aliphatic rings. The van der Waals surface area contributed by atoms with Crippen molar-refractivity contribution >= 4 is 5.69 Å². The van der Waals surface area contributed by atoms with Crippen molar-refractivity contribution in [3.05, 3.63) is 47.8 Å². The zero-order valence-electron chi connectivity index (χ0n) is 9.40. The van der Waals surface area contributed by atoms with E-state index in [-0.39, 0.29) is 0 Å². The SMILES string of the molecule is Cc1ccc(Oc2ccc(C)nc2)c(N)c1. The van der Waals surface area contributed by atoms with Gasteiger partial charge in [-0.1, -0.05) is 6.07 Å². The number of aryl methyl sites for hydroxylation is 2. The van der Waals surface area contributed by atoms with Gasteiger partial charge in [-0.3, -0.25) is 4.98 Å². The van der Waals surface area contributed by atoms with E-state index in [1.54, 1.807) is 6.20 Å². The standard InChI is InChI=1S/C13H14N2O/c1-9-3-6-13(12(14)7-9)16-11-5-4-10(2)15-8-11/h3-8H,14H2,1-2H3. The van der Waals surface area contributed by atoms with Crippen LogP contribution in [0.15, 0.2) is 36.5 Å². The maximum atomic E-state index is 5.85. The predicted octanol–water partition coefficient (Wildman–Crippen LogP) is 3.07. The number of aromatic nitrogens is 1. The van der Waals surface area contributed by atoms with E-state index in [1.807, 2.05) is 44.2 Å². The van der Waals surface area contributed by atoms with Gasteiger partial charge in [0, 0.05) is 5.69 Å². The van der Waals surface area contributed by atoms with Crippen LogP contribution in [0.5, 0.6) is 11.5 Å². The van der Waals surface area contributed by atoms with Crippen molar-refractivity contribution in [3.8, 4) is 11.5 Å². The summed E-state index contributed by atoms with van der Waals surface area (Å²) < 4.78 is 5.63. The summed E-state index contributed by atoms with van der Waals surface area (Å²) in [7, 11) is 0. The molecule has 0 atom stereocenters. The van der Waals surface area contributed by atoms with Crippen LogP contribution in [-0.4, -0.2) is 4.98 Å². The van der Waals surface area contributed by atoms with E-state index < -0.39 is 0 Å². The minimum absolute atomic E-state index is 0.639. The number of rotatable bonds is 2. The number of nitrogens with two attached hydrogens (primary N) is 1. The largest absolute Gasteiger partial charge is 0.454 e. The second-order valence-corrected chi connectivity index (χ2v) is 3.78. The van der Waals surface area contributed by atoms with Gasteiger partial charge in [-0.25, -0.2) is 0 Å². The highest BCUT2D eigenvalue weighted by Gasteiger charge is 2.02. The fourth-order valence-corrected chi connectivity index (χ4v) is 1.40. The molecule has 0 fully saturated rings. The first-order valence-corrected chi connectivity index (χ1v) is 5.12. The van der Waals surface area contributed by atoms with E-state index in [9.17, 15) is 0 Å². The van der Waals surface area contributed by atoms with Crippen LogP contribution < -0.4 is 10.5 Å². The average molecular weight is 214 g/mol. The lowest BCUT2D eigenvalue weighted by molar-refractivity contribution is 0.482. The van der Waals surface area contributed by atoms with Gasteiger partial charge in [-0.2, -0.15) is 0 Å². The van der Waals surface area contributed by atoms with Crippen LogP contribution in [-0.2, 0) is 0 Å². The summed E-state index contributed by atoms with van der Waals surface area (Å²) in [4.78, 5) is 4.16. The van der Waals surface area contributed by atoms with Crippen LogP contribution in [0, 0.1) is 13.8 Å². The molecule has 3 nitrogen and oxygen atoms in total. The van der Waals surface area contributed by atoms with E-state index in [1.165, 1.54) is 0 Å². The van der Waals surface area contributed by atoms with Gasteiger partial charge in [-0.15, -0.1) is 0 Å². The quantitative estimate of drug-likeness (QED) is 0.781. The fourth-order valence-electron chi connectivity index (χ4n) is 1.40. The molecule has 0 saturated carbocycles. The molecule has 16 heavy (non-hydrogen) atoms. The second-order valence-electron chi connectivity index (χ2n) is 3.78. The van der Waals surface area contributed by atoms with E-state index in [0.717, 1.165) is 11.3 Å². The summed E-state index contributed by atoms with van der Waals surface area (Å²) in [5.41, 5.74) is 8.57. The molecule has 1 aromatic heterocycles. The van der Waals surface area contributed by atoms with E-state index in [2.05, 4.69) is 4.98 Å². The first-order valence-electron chi connectivity index (χ1n) is 5.12. The molecule has 82 valence electrons. The average Bonchev–Trinajstić information content (AvgIpc) is 2.25. The van der Waals surface area contributed by atoms with Crippen LogP contribution in [0.2, 0.25) is 0 Å². The molecule has 0 spiro atoms. The molecule has 2 aromatic rings. The Balaban J connectivity index is 2.23. The Morgan fingerprint density at radius 3 is 2.56 bits per heavy atom. The van der Waals surface area contributed by atoms with Crippen LogP contribution >= 0.6 is 0 Å². The highest BCUT2D eigenvalue weighted by Crippen LogP contribution is 2.27. The van der Waals surface area contributed by atoms with Gasteiger partial charge >= 0.3 is 0 Å². The predicted molar refractivity (Wildman–Crippen MR) is 64.6 cm³/mol. The summed E-state index contributed by atoms with van der Waals surface area (Å²) >= 11 is 0. The summed E-state index contributed by atoms with van der Waals surface area (Å²) in [5, 5.41) is 0. The van der Waals surface area contributed by atoms with Gasteiger partial charge in [0.15, 0.2) is 0 Å². The molecule has 0 bridgehead atoms. The fraction of sp³-hybridized carbons (Fsp3) is 0.154. The Kier molecular flexibility index (Phi) is 2.77. The van der Waals surface area contributed by atoms with Gasteiger partial charge in [-0.05, 0) is 43.7 Å². The first kappa shape index (κ1) is 10.5. The Morgan fingerprint density at radius 2 is 1.94 bits per heavy atom. The molecule has 2 N–H and O–H groups in total. The Bertz CT molecular complexity index is 492. The van der Waals surface area contributed by atoms with Crippen molar-refractivity contribution < 1.29 is 4.74 Å². The molecule has 0 aliphatic heterocycles. The zero-order chi connectivity index (χ0) is 11.5. The minimum Gasteiger partial charge on any atom is -0.454 e. The van der Waals surface area contributed by atoms with Gasteiger partial charge in [0.2, 0.25) is 0 Å². The molecule has 2 rings (SSSR count). The maximum Gasteiger partial charge on any atom is 0.150 e. The maximum absolute atomic E-state index is 5.85. The first-order chi connectivity index (χ1) is 7.65. The molecule has 0 unspecified atom stereocenters.